The first-order valence-electron chi connectivity index (χ1n) is 14.2. The summed E-state index contributed by atoms with van der Waals surface area (Å²) in [5.41, 5.74) is 0.246. The molecule has 3 amide bonds. The molecule has 3 rings (SSSR count). The van der Waals surface area contributed by atoms with Crippen molar-refractivity contribution >= 4 is 28.5 Å². The number of fused-ring (bicyclic) bond motifs is 1. The summed E-state index contributed by atoms with van der Waals surface area (Å²) in [7, 11) is 0. The Bertz CT molecular complexity index is 1130. The van der Waals surface area contributed by atoms with Crippen molar-refractivity contribution in [1.29, 1.82) is 0 Å². The number of carbonyl (C=O) groups excluding carboxylic acids is 3. The third-order valence-corrected chi connectivity index (χ3v) is 7.00. The zero-order valence-corrected chi connectivity index (χ0v) is 24.1. The Hall–Kier alpha value is -2.97. The molecule has 0 saturated carbocycles. The summed E-state index contributed by atoms with van der Waals surface area (Å²) in [4.78, 5) is 41.2. The molecule has 2 aromatic carbocycles. The van der Waals surface area contributed by atoms with E-state index < -0.39 is 29.5 Å². The Morgan fingerprint density at radius 1 is 1.03 bits per heavy atom. The van der Waals surface area contributed by atoms with Gasteiger partial charge in [0.05, 0.1) is 6.10 Å². The molecule has 8 nitrogen and oxygen atoms in total. The Labute approximate surface area is 232 Å². The van der Waals surface area contributed by atoms with Crippen molar-refractivity contribution in [3.8, 4) is 0 Å². The highest BCUT2D eigenvalue weighted by Gasteiger charge is 2.43. The van der Waals surface area contributed by atoms with Crippen LogP contribution >= 0.6 is 0 Å². The fourth-order valence-corrected chi connectivity index (χ4v) is 4.90. The highest BCUT2D eigenvalue weighted by atomic mass is 16.3. The van der Waals surface area contributed by atoms with E-state index in [-0.39, 0.29) is 24.8 Å². The average molecular weight is 539 g/mol. The number of amides is 3. The van der Waals surface area contributed by atoms with Gasteiger partial charge in [0.25, 0.3) is 0 Å². The van der Waals surface area contributed by atoms with Crippen molar-refractivity contribution in [2.45, 2.75) is 78.5 Å². The van der Waals surface area contributed by atoms with Crippen molar-refractivity contribution in [3.05, 3.63) is 48.0 Å². The molecule has 214 valence electrons. The third kappa shape index (κ3) is 9.04. The molecule has 1 fully saturated rings. The minimum atomic E-state index is -0.814. The van der Waals surface area contributed by atoms with Crippen LogP contribution in [-0.4, -0.2) is 72.1 Å². The number of nitrogens with zero attached hydrogens (tertiary/aromatic N) is 1. The van der Waals surface area contributed by atoms with Gasteiger partial charge in [0, 0.05) is 31.3 Å². The van der Waals surface area contributed by atoms with E-state index in [9.17, 15) is 19.5 Å². The van der Waals surface area contributed by atoms with E-state index in [1.165, 1.54) is 4.90 Å². The van der Waals surface area contributed by atoms with Gasteiger partial charge in [-0.2, -0.15) is 0 Å². The molecule has 0 bridgehead atoms. The molecule has 1 aliphatic heterocycles. The van der Waals surface area contributed by atoms with Crippen molar-refractivity contribution in [2.75, 3.05) is 26.2 Å². The molecule has 0 spiro atoms. The first kappa shape index (κ1) is 30.6. The van der Waals surface area contributed by atoms with Crippen molar-refractivity contribution in [2.24, 2.45) is 11.3 Å². The summed E-state index contributed by atoms with van der Waals surface area (Å²) in [6.07, 6.45) is 1.47. The van der Waals surface area contributed by atoms with Crippen LogP contribution in [0.1, 0.15) is 59.4 Å². The topological polar surface area (TPSA) is 111 Å². The number of hydrogen-bond donors (Lipinski definition) is 4. The van der Waals surface area contributed by atoms with E-state index in [0.717, 1.165) is 42.3 Å². The SMILES string of the molecule is CC(C)CNCCCCNC(=O)[C@@H](Cc1ccc2ccccc2c1)NC(=O)C1C[C@@H](O)CN1C(=O)C(C)(C)C. The maximum Gasteiger partial charge on any atom is 0.243 e. The van der Waals surface area contributed by atoms with Crippen LogP contribution in [-0.2, 0) is 20.8 Å². The number of β-amino-alcohol motifs (C(OH)–C–C–N with tert-alkyl or cyclic N) is 1. The molecule has 39 heavy (non-hydrogen) atoms. The van der Waals surface area contributed by atoms with Gasteiger partial charge in [-0.3, -0.25) is 14.4 Å². The van der Waals surface area contributed by atoms with Crippen molar-refractivity contribution in [3.63, 3.8) is 0 Å². The highest BCUT2D eigenvalue weighted by Crippen LogP contribution is 2.26. The van der Waals surface area contributed by atoms with Crippen molar-refractivity contribution < 1.29 is 19.5 Å². The van der Waals surface area contributed by atoms with Crippen LogP contribution in [0.2, 0.25) is 0 Å². The molecule has 1 saturated heterocycles. The quantitative estimate of drug-likeness (QED) is 0.311. The van der Waals surface area contributed by atoms with E-state index in [4.69, 9.17) is 0 Å². The number of nitrogens with one attached hydrogen (secondary N) is 3. The predicted octanol–water partition coefficient (Wildman–Crippen LogP) is 3.02. The van der Waals surface area contributed by atoms with Crippen LogP contribution in [0, 0.1) is 11.3 Å². The molecule has 1 unspecified atom stereocenters. The van der Waals surface area contributed by atoms with Crippen LogP contribution < -0.4 is 16.0 Å². The number of aliphatic hydroxyl groups is 1. The Balaban J connectivity index is 1.69. The Kier molecular flexibility index (Phi) is 10.9. The molecule has 0 aliphatic carbocycles. The summed E-state index contributed by atoms with van der Waals surface area (Å²) < 4.78 is 0. The Morgan fingerprint density at radius 3 is 2.41 bits per heavy atom. The van der Waals surface area contributed by atoms with E-state index >= 15 is 0 Å². The number of rotatable bonds is 12. The first-order chi connectivity index (χ1) is 18.5. The number of unbranched alkanes of at least 4 members (excludes halogenated alkanes) is 1. The van der Waals surface area contributed by atoms with Gasteiger partial charge < -0.3 is 26.0 Å². The largest absolute Gasteiger partial charge is 0.391 e. The van der Waals surface area contributed by atoms with Crippen LogP contribution in [0.5, 0.6) is 0 Å². The summed E-state index contributed by atoms with van der Waals surface area (Å²) in [5.74, 6) is -0.262. The lowest BCUT2D eigenvalue weighted by Gasteiger charge is -2.31. The molecule has 0 radical (unpaired) electrons. The molecule has 2 aromatic rings. The minimum Gasteiger partial charge on any atom is -0.391 e. The second-order valence-electron chi connectivity index (χ2n) is 12.2. The zero-order valence-electron chi connectivity index (χ0n) is 24.1. The number of hydrogen-bond acceptors (Lipinski definition) is 5. The molecule has 1 heterocycles. The van der Waals surface area contributed by atoms with Gasteiger partial charge in [0.15, 0.2) is 0 Å². The second kappa shape index (κ2) is 13.9. The van der Waals surface area contributed by atoms with E-state index in [1.807, 2.05) is 42.5 Å². The number of likely N-dealkylation sites (tertiary alicyclic amines) is 1. The van der Waals surface area contributed by atoms with Gasteiger partial charge >= 0.3 is 0 Å². The standard InChI is InChI=1S/C31H46N4O4/c1-21(2)19-32-14-8-9-15-33-28(37)26(17-22-12-13-23-10-6-7-11-24(23)16-22)34-29(38)27-18-25(36)20-35(27)30(39)31(3,4)5/h6-7,10-13,16,21,25-27,32,36H,8-9,14-15,17-20H2,1-5H3,(H,33,37)(H,34,38)/t25-,26-,27?/m1/s1. The second-order valence-corrected chi connectivity index (χ2v) is 12.2. The van der Waals surface area contributed by atoms with Gasteiger partial charge in [-0.05, 0) is 48.2 Å². The zero-order chi connectivity index (χ0) is 28.6. The number of carbonyl (C=O) groups is 3. The van der Waals surface area contributed by atoms with Gasteiger partial charge in [-0.15, -0.1) is 0 Å². The van der Waals surface area contributed by atoms with Gasteiger partial charge in [0.2, 0.25) is 17.7 Å². The smallest absolute Gasteiger partial charge is 0.243 e. The average Bonchev–Trinajstić information content (AvgIpc) is 3.27. The highest BCUT2D eigenvalue weighted by molar-refractivity contribution is 5.93. The summed E-state index contributed by atoms with van der Waals surface area (Å²) in [6.45, 7) is 12.2. The molecule has 0 aromatic heterocycles. The molecular weight excluding hydrogens is 492 g/mol. The van der Waals surface area contributed by atoms with E-state index in [0.29, 0.717) is 18.9 Å². The molecular formula is C31H46N4O4. The van der Waals surface area contributed by atoms with Crippen LogP contribution in [0.3, 0.4) is 0 Å². The maximum absolute atomic E-state index is 13.4. The van der Waals surface area contributed by atoms with Crippen LogP contribution in [0.4, 0.5) is 0 Å². The van der Waals surface area contributed by atoms with Gasteiger partial charge in [-0.25, -0.2) is 0 Å². The first-order valence-corrected chi connectivity index (χ1v) is 14.2. The predicted molar refractivity (Wildman–Crippen MR) is 155 cm³/mol. The van der Waals surface area contributed by atoms with Gasteiger partial charge in [-0.1, -0.05) is 77.1 Å². The van der Waals surface area contributed by atoms with E-state index in [1.54, 1.807) is 20.8 Å². The van der Waals surface area contributed by atoms with Crippen LogP contribution in [0.25, 0.3) is 10.8 Å². The maximum atomic E-state index is 13.4. The lowest BCUT2D eigenvalue weighted by Crippen LogP contribution is -2.55. The van der Waals surface area contributed by atoms with Crippen molar-refractivity contribution in [1.82, 2.24) is 20.9 Å². The molecule has 3 atom stereocenters. The van der Waals surface area contributed by atoms with E-state index in [2.05, 4.69) is 29.8 Å². The number of benzene rings is 2. The molecule has 8 heteroatoms. The minimum absolute atomic E-state index is 0.112. The monoisotopic (exact) mass is 538 g/mol. The summed E-state index contributed by atoms with van der Waals surface area (Å²) in [5, 5.41) is 21.8. The normalized spacial score (nSPS) is 18.4. The summed E-state index contributed by atoms with van der Waals surface area (Å²) in [6, 6.07) is 12.4. The lowest BCUT2D eigenvalue weighted by molar-refractivity contribution is -0.145. The third-order valence-electron chi connectivity index (χ3n) is 7.00. The number of aliphatic hydroxyl groups excluding tert-OH is 1. The Morgan fingerprint density at radius 2 is 1.72 bits per heavy atom. The fourth-order valence-electron chi connectivity index (χ4n) is 4.90. The van der Waals surface area contributed by atoms with Crippen LogP contribution in [0.15, 0.2) is 42.5 Å². The lowest BCUT2D eigenvalue weighted by atomic mass is 9.94. The summed E-state index contributed by atoms with van der Waals surface area (Å²) >= 11 is 0. The van der Waals surface area contributed by atoms with Gasteiger partial charge in [0.1, 0.15) is 12.1 Å². The molecule has 1 aliphatic rings. The fraction of sp³-hybridized carbons (Fsp3) is 0.581. The molecule has 4 N–H and O–H groups in total.